The van der Waals surface area contributed by atoms with E-state index in [1.54, 1.807) is 0 Å². The van der Waals surface area contributed by atoms with E-state index >= 15 is 0 Å². The van der Waals surface area contributed by atoms with Gasteiger partial charge in [-0.25, -0.2) is 0 Å². The van der Waals surface area contributed by atoms with Crippen LogP contribution in [0.1, 0.15) is 108 Å². The van der Waals surface area contributed by atoms with Gasteiger partial charge >= 0.3 is 0 Å². The van der Waals surface area contributed by atoms with E-state index in [9.17, 15) is 0 Å². The van der Waals surface area contributed by atoms with Gasteiger partial charge in [0.2, 0.25) is 0 Å². The van der Waals surface area contributed by atoms with Crippen molar-refractivity contribution in [3.63, 3.8) is 0 Å². The van der Waals surface area contributed by atoms with Crippen molar-refractivity contribution in [3.05, 3.63) is 47.3 Å². The van der Waals surface area contributed by atoms with Crippen LogP contribution in [0.4, 0.5) is 0 Å². The normalized spacial score (nSPS) is 16.6. The highest BCUT2D eigenvalue weighted by atomic mass is 16.3. The highest BCUT2D eigenvalue weighted by Gasteiger charge is 2.35. The van der Waals surface area contributed by atoms with E-state index in [4.69, 9.17) is 8.83 Å². The Hall–Kier alpha value is -1.44. The number of furan rings is 2. The maximum absolute atomic E-state index is 5.71. The summed E-state index contributed by atoms with van der Waals surface area (Å²) in [5, 5.41) is 0. The van der Waals surface area contributed by atoms with Crippen LogP contribution in [-0.2, 0) is 0 Å². The van der Waals surface area contributed by atoms with E-state index in [0.29, 0.717) is 29.6 Å². The molecule has 0 aromatic carbocycles. The molecule has 1 aliphatic rings. The predicted octanol–water partition coefficient (Wildman–Crippen LogP) is 8.29. The van der Waals surface area contributed by atoms with E-state index in [-0.39, 0.29) is 0 Å². The summed E-state index contributed by atoms with van der Waals surface area (Å²) in [6.07, 6.45) is 5.85. The molecule has 1 fully saturated rings. The van der Waals surface area contributed by atoms with E-state index in [2.05, 4.69) is 66.7 Å². The second-order valence-electron chi connectivity index (χ2n) is 9.25. The zero-order chi connectivity index (χ0) is 20.1. The smallest absolute Gasteiger partial charge is 0.107 e. The lowest BCUT2D eigenvalue weighted by Crippen LogP contribution is -2.07. The molecule has 27 heavy (non-hydrogen) atoms. The summed E-state index contributed by atoms with van der Waals surface area (Å²) < 4.78 is 11.3. The van der Waals surface area contributed by atoms with Gasteiger partial charge < -0.3 is 8.83 Å². The molecule has 2 atom stereocenters. The van der Waals surface area contributed by atoms with Gasteiger partial charge in [-0.15, -0.1) is 0 Å². The molecule has 0 saturated heterocycles. The lowest BCUT2D eigenvalue weighted by Gasteiger charge is -2.17. The Morgan fingerprint density at radius 2 is 1.63 bits per heavy atom. The number of hydrogen-bond acceptors (Lipinski definition) is 2. The minimum atomic E-state index is 0.567. The van der Waals surface area contributed by atoms with E-state index in [0.717, 1.165) is 23.9 Å². The van der Waals surface area contributed by atoms with Crippen LogP contribution in [0.5, 0.6) is 0 Å². The van der Waals surface area contributed by atoms with E-state index < -0.39 is 0 Å². The first-order valence-corrected chi connectivity index (χ1v) is 10.9. The van der Waals surface area contributed by atoms with Crippen molar-refractivity contribution in [1.29, 1.82) is 0 Å². The molecule has 0 aliphatic heterocycles. The van der Waals surface area contributed by atoms with Crippen LogP contribution in [0, 0.1) is 24.7 Å². The molecule has 0 spiro atoms. The monoisotopic (exact) mass is 372 g/mol. The maximum atomic E-state index is 5.71. The summed E-state index contributed by atoms with van der Waals surface area (Å²) in [6, 6.07) is 6.45. The topological polar surface area (TPSA) is 26.3 Å². The van der Waals surface area contributed by atoms with Crippen LogP contribution in [-0.4, -0.2) is 0 Å². The van der Waals surface area contributed by atoms with E-state index in [1.807, 2.05) is 13.2 Å². The summed E-state index contributed by atoms with van der Waals surface area (Å²) in [6.45, 7) is 17.7. The van der Waals surface area contributed by atoms with Gasteiger partial charge in [0.25, 0.3) is 0 Å². The zero-order valence-electron chi connectivity index (χ0n) is 18.7. The molecule has 2 aromatic rings. The molecule has 0 radical (unpaired) electrons. The molecule has 0 N–H and O–H groups in total. The molecule has 0 bridgehead atoms. The average Bonchev–Trinajstić information content (AvgIpc) is 3.11. The van der Waals surface area contributed by atoms with Crippen LogP contribution in [0.2, 0.25) is 0 Å². The van der Waals surface area contributed by atoms with E-state index in [1.165, 1.54) is 24.2 Å². The summed E-state index contributed by atoms with van der Waals surface area (Å²) in [5.74, 6) is 7.46. The molecule has 2 heterocycles. The maximum Gasteiger partial charge on any atom is 0.107 e. The zero-order valence-corrected chi connectivity index (χ0v) is 18.7. The first-order chi connectivity index (χ1) is 12.7. The Morgan fingerprint density at radius 3 is 2.00 bits per heavy atom. The second-order valence-corrected chi connectivity index (χ2v) is 9.25. The van der Waals surface area contributed by atoms with Gasteiger partial charge in [0.1, 0.15) is 17.3 Å². The first-order valence-electron chi connectivity index (χ1n) is 10.9. The van der Waals surface area contributed by atoms with Gasteiger partial charge in [-0.2, -0.15) is 0 Å². The molecule has 2 aromatic heterocycles. The third kappa shape index (κ3) is 6.02. The molecule has 3 rings (SSSR count). The Bertz CT molecular complexity index is 668. The van der Waals surface area contributed by atoms with Gasteiger partial charge in [0, 0.05) is 11.8 Å². The van der Waals surface area contributed by atoms with Gasteiger partial charge in [-0.1, -0.05) is 48.5 Å². The molecule has 0 amide bonds. The summed E-state index contributed by atoms with van der Waals surface area (Å²) >= 11 is 0. The van der Waals surface area contributed by atoms with Crippen molar-refractivity contribution in [2.45, 2.75) is 92.4 Å². The van der Waals surface area contributed by atoms with Gasteiger partial charge in [0.05, 0.1) is 6.26 Å². The van der Waals surface area contributed by atoms with Crippen molar-refractivity contribution in [3.8, 4) is 0 Å². The Morgan fingerprint density at radius 1 is 0.963 bits per heavy atom. The summed E-state index contributed by atoms with van der Waals surface area (Å²) in [4.78, 5) is 0. The van der Waals surface area contributed by atoms with Crippen molar-refractivity contribution >= 4 is 0 Å². The molecule has 2 heteroatoms. The highest BCUT2D eigenvalue weighted by Crippen LogP contribution is 2.46. The minimum Gasteiger partial charge on any atom is -0.469 e. The first kappa shape index (κ1) is 21.9. The van der Waals surface area contributed by atoms with Crippen molar-refractivity contribution in [2.75, 3.05) is 0 Å². The third-order valence-electron chi connectivity index (χ3n) is 5.85. The predicted molar refractivity (Wildman–Crippen MR) is 114 cm³/mol. The van der Waals surface area contributed by atoms with Crippen LogP contribution >= 0.6 is 0 Å². The van der Waals surface area contributed by atoms with Crippen LogP contribution in [0.3, 0.4) is 0 Å². The fourth-order valence-corrected chi connectivity index (χ4v) is 4.06. The third-order valence-corrected chi connectivity index (χ3v) is 5.85. The lowest BCUT2D eigenvalue weighted by molar-refractivity contribution is 0.357. The highest BCUT2D eigenvalue weighted by molar-refractivity contribution is 5.19. The van der Waals surface area contributed by atoms with Gasteiger partial charge in [-0.3, -0.25) is 0 Å². The van der Waals surface area contributed by atoms with Crippen molar-refractivity contribution in [1.82, 2.24) is 0 Å². The molecule has 152 valence electrons. The number of hydrogen-bond donors (Lipinski definition) is 0. The Labute approximate surface area is 166 Å². The van der Waals surface area contributed by atoms with Crippen LogP contribution in [0.25, 0.3) is 0 Å². The number of rotatable bonds is 7. The largest absolute Gasteiger partial charge is 0.469 e. The molecule has 1 aliphatic carbocycles. The van der Waals surface area contributed by atoms with Crippen molar-refractivity contribution < 1.29 is 8.83 Å². The number of aryl methyl sites for hydroxylation is 1. The second kappa shape index (κ2) is 9.66. The molecular weight excluding hydrogens is 332 g/mol. The molecular formula is C25H40O2. The minimum absolute atomic E-state index is 0.567. The summed E-state index contributed by atoms with van der Waals surface area (Å²) in [5.41, 5.74) is 1.32. The average molecular weight is 373 g/mol. The lowest BCUT2D eigenvalue weighted by atomic mass is 9.89. The molecule has 0 unspecified atom stereocenters. The SMILES string of the molecule is CC[C@H](c1cc(C(C)C)co1)C(C)C.Cc1ccc([C@H](C(C)C)C2CC2)o1. The van der Waals surface area contributed by atoms with Crippen LogP contribution < -0.4 is 0 Å². The van der Waals surface area contributed by atoms with Crippen LogP contribution in [0.15, 0.2) is 33.3 Å². The molecule has 1 saturated carbocycles. The summed E-state index contributed by atoms with van der Waals surface area (Å²) in [7, 11) is 0. The fourth-order valence-electron chi connectivity index (χ4n) is 4.06. The van der Waals surface area contributed by atoms with Gasteiger partial charge in [0.15, 0.2) is 0 Å². The van der Waals surface area contributed by atoms with Gasteiger partial charge in [-0.05, 0) is 73.6 Å². The van der Waals surface area contributed by atoms with Crippen molar-refractivity contribution in [2.24, 2.45) is 17.8 Å². The fraction of sp³-hybridized carbons (Fsp3) is 0.680. The Balaban J connectivity index is 0.000000194. The Kier molecular flexibility index (Phi) is 7.82. The standard InChI is InChI=1S/C13H22O.C12H18O/c1-6-12(10(4)5)13-7-11(8-14-13)9(2)3;1-8(2)12(10-5-6-10)11-7-4-9(3)13-11/h7-10,12H,6H2,1-5H3;4,7-8,10,12H,5-6H2,1-3H3/t2*12-/m01/s1. The molecule has 2 nitrogen and oxygen atoms in total. The quantitative estimate of drug-likeness (QED) is 0.488.